The fourth-order valence-corrected chi connectivity index (χ4v) is 1.91. The Morgan fingerprint density at radius 1 is 1.46 bits per heavy atom. The van der Waals surface area contributed by atoms with Crippen molar-refractivity contribution < 1.29 is 4.74 Å². The zero-order valence-electron chi connectivity index (χ0n) is 7.92. The van der Waals surface area contributed by atoms with Gasteiger partial charge in [0.05, 0.1) is 12.6 Å². The molecule has 0 amide bonds. The van der Waals surface area contributed by atoms with Gasteiger partial charge in [-0.25, -0.2) is 0 Å². The van der Waals surface area contributed by atoms with E-state index in [4.69, 9.17) is 4.74 Å². The number of methoxy groups -OCH3 is 1. The summed E-state index contributed by atoms with van der Waals surface area (Å²) in [7, 11) is 1.75. The van der Waals surface area contributed by atoms with E-state index in [0.29, 0.717) is 6.04 Å². The summed E-state index contributed by atoms with van der Waals surface area (Å²) in [6.45, 7) is 1.82. The average Bonchev–Trinajstić information content (AvgIpc) is 2.19. The molecule has 0 aliphatic carbocycles. The van der Waals surface area contributed by atoms with Gasteiger partial charge in [-0.1, -0.05) is 24.3 Å². The molecule has 0 radical (unpaired) electrons. The van der Waals surface area contributed by atoms with E-state index in [1.54, 1.807) is 7.11 Å². The molecule has 13 heavy (non-hydrogen) atoms. The van der Waals surface area contributed by atoms with E-state index in [-0.39, 0.29) is 0 Å². The molecule has 0 saturated heterocycles. The molecule has 0 aromatic heterocycles. The Morgan fingerprint density at radius 3 is 3.15 bits per heavy atom. The summed E-state index contributed by atoms with van der Waals surface area (Å²) in [5.41, 5.74) is 2.86. The second-order valence-electron chi connectivity index (χ2n) is 3.41. The quantitative estimate of drug-likeness (QED) is 0.739. The highest BCUT2D eigenvalue weighted by molar-refractivity contribution is 5.32. The number of ether oxygens (including phenoxy) is 1. The van der Waals surface area contributed by atoms with Crippen molar-refractivity contribution >= 4 is 0 Å². The molecule has 1 aromatic rings. The van der Waals surface area contributed by atoms with Crippen molar-refractivity contribution in [3.8, 4) is 0 Å². The van der Waals surface area contributed by atoms with E-state index < -0.39 is 0 Å². The van der Waals surface area contributed by atoms with E-state index in [1.807, 2.05) is 0 Å². The molecule has 1 heterocycles. The first kappa shape index (κ1) is 8.73. The van der Waals surface area contributed by atoms with E-state index in [0.717, 1.165) is 19.6 Å². The molecule has 2 nitrogen and oxygen atoms in total. The summed E-state index contributed by atoms with van der Waals surface area (Å²) in [5, 5.41) is 3.45. The number of rotatable bonds is 2. The first-order valence-corrected chi connectivity index (χ1v) is 4.72. The molecule has 1 aromatic carbocycles. The largest absolute Gasteiger partial charge is 0.383 e. The molecule has 2 heteroatoms. The zero-order valence-corrected chi connectivity index (χ0v) is 7.92. The number of benzene rings is 1. The lowest BCUT2D eigenvalue weighted by atomic mass is 9.95. The van der Waals surface area contributed by atoms with Gasteiger partial charge in [-0.2, -0.15) is 0 Å². The second kappa shape index (κ2) is 3.90. The molecule has 0 fully saturated rings. The van der Waals surface area contributed by atoms with Crippen molar-refractivity contribution in [3.05, 3.63) is 35.4 Å². The van der Waals surface area contributed by atoms with Gasteiger partial charge >= 0.3 is 0 Å². The maximum atomic E-state index is 5.18. The summed E-state index contributed by atoms with van der Waals surface area (Å²) in [5.74, 6) is 0. The fourth-order valence-electron chi connectivity index (χ4n) is 1.91. The van der Waals surface area contributed by atoms with Gasteiger partial charge in [-0.05, 0) is 24.1 Å². The van der Waals surface area contributed by atoms with Gasteiger partial charge in [-0.15, -0.1) is 0 Å². The standard InChI is InChI=1S/C11H15NO/c1-13-8-11-10-5-3-2-4-9(10)6-7-12-11/h2-5,11-12H,6-8H2,1H3. The van der Waals surface area contributed by atoms with Crippen LogP contribution in [-0.2, 0) is 11.2 Å². The minimum absolute atomic E-state index is 0.384. The Balaban J connectivity index is 2.26. The third-order valence-corrected chi connectivity index (χ3v) is 2.55. The van der Waals surface area contributed by atoms with E-state index in [1.165, 1.54) is 11.1 Å². The number of hydrogen-bond donors (Lipinski definition) is 1. The number of nitrogens with one attached hydrogen (secondary N) is 1. The summed E-state index contributed by atoms with van der Waals surface area (Å²) >= 11 is 0. The van der Waals surface area contributed by atoms with Crippen molar-refractivity contribution in [2.45, 2.75) is 12.5 Å². The van der Waals surface area contributed by atoms with Crippen LogP contribution in [0.5, 0.6) is 0 Å². The lowest BCUT2D eigenvalue weighted by Crippen LogP contribution is -2.32. The Morgan fingerprint density at radius 2 is 2.31 bits per heavy atom. The first-order chi connectivity index (χ1) is 6.42. The highest BCUT2D eigenvalue weighted by atomic mass is 16.5. The topological polar surface area (TPSA) is 21.3 Å². The molecule has 0 spiro atoms. The van der Waals surface area contributed by atoms with Crippen LogP contribution in [0.4, 0.5) is 0 Å². The highest BCUT2D eigenvalue weighted by Gasteiger charge is 2.17. The van der Waals surface area contributed by atoms with Crippen LogP contribution in [0.2, 0.25) is 0 Å². The lowest BCUT2D eigenvalue weighted by Gasteiger charge is -2.26. The van der Waals surface area contributed by atoms with E-state index in [2.05, 4.69) is 29.6 Å². The molecule has 0 saturated carbocycles. The van der Waals surface area contributed by atoms with Gasteiger partial charge in [0.2, 0.25) is 0 Å². The molecule has 2 rings (SSSR count). The molecule has 1 atom stereocenters. The Hall–Kier alpha value is -0.860. The van der Waals surface area contributed by atoms with Crippen molar-refractivity contribution in [2.75, 3.05) is 20.3 Å². The summed E-state index contributed by atoms with van der Waals surface area (Å²) in [4.78, 5) is 0. The molecule has 70 valence electrons. The fraction of sp³-hybridized carbons (Fsp3) is 0.455. The predicted molar refractivity (Wildman–Crippen MR) is 52.8 cm³/mol. The van der Waals surface area contributed by atoms with Crippen LogP contribution in [0.1, 0.15) is 17.2 Å². The third-order valence-electron chi connectivity index (χ3n) is 2.55. The van der Waals surface area contributed by atoms with E-state index >= 15 is 0 Å². The van der Waals surface area contributed by atoms with Crippen LogP contribution in [0, 0.1) is 0 Å². The van der Waals surface area contributed by atoms with Gasteiger partial charge in [0.1, 0.15) is 0 Å². The van der Waals surface area contributed by atoms with Gasteiger partial charge in [-0.3, -0.25) is 0 Å². The molecule has 1 N–H and O–H groups in total. The Labute approximate surface area is 78.9 Å². The maximum absolute atomic E-state index is 5.18. The molecule has 1 aliphatic heterocycles. The predicted octanol–water partition coefficient (Wildman–Crippen LogP) is 1.52. The van der Waals surface area contributed by atoms with Crippen LogP contribution >= 0.6 is 0 Å². The first-order valence-electron chi connectivity index (χ1n) is 4.72. The van der Waals surface area contributed by atoms with Crippen LogP contribution in [0.25, 0.3) is 0 Å². The van der Waals surface area contributed by atoms with Crippen LogP contribution in [0.3, 0.4) is 0 Å². The summed E-state index contributed by atoms with van der Waals surface area (Å²) in [6.07, 6.45) is 1.14. The van der Waals surface area contributed by atoms with E-state index in [9.17, 15) is 0 Å². The zero-order chi connectivity index (χ0) is 9.10. The molecular weight excluding hydrogens is 162 g/mol. The lowest BCUT2D eigenvalue weighted by molar-refractivity contribution is 0.164. The third kappa shape index (κ3) is 1.74. The minimum atomic E-state index is 0.384. The van der Waals surface area contributed by atoms with Crippen molar-refractivity contribution in [3.63, 3.8) is 0 Å². The smallest absolute Gasteiger partial charge is 0.0657 e. The van der Waals surface area contributed by atoms with Crippen LogP contribution in [-0.4, -0.2) is 20.3 Å². The summed E-state index contributed by atoms with van der Waals surface area (Å²) in [6, 6.07) is 8.97. The van der Waals surface area contributed by atoms with Crippen LogP contribution < -0.4 is 5.32 Å². The van der Waals surface area contributed by atoms with Gasteiger partial charge in [0.25, 0.3) is 0 Å². The maximum Gasteiger partial charge on any atom is 0.0657 e. The average molecular weight is 177 g/mol. The van der Waals surface area contributed by atoms with Gasteiger partial charge in [0, 0.05) is 7.11 Å². The van der Waals surface area contributed by atoms with Crippen molar-refractivity contribution in [1.82, 2.24) is 5.32 Å². The summed E-state index contributed by atoms with van der Waals surface area (Å²) < 4.78 is 5.18. The van der Waals surface area contributed by atoms with Gasteiger partial charge < -0.3 is 10.1 Å². The Kier molecular flexibility index (Phi) is 2.62. The molecule has 1 aliphatic rings. The molecule has 0 bridgehead atoms. The monoisotopic (exact) mass is 177 g/mol. The SMILES string of the molecule is COCC1NCCc2ccccc21. The van der Waals surface area contributed by atoms with Crippen molar-refractivity contribution in [1.29, 1.82) is 0 Å². The second-order valence-corrected chi connectivity index (χ2v) is 3.41. The van der Waals surface area contributed by atoms with Crippen molar-refractivity contribution in [2.24, 2.45) is 0 Å². The molecular formula is C11H15NO. The molecule has 1 unspecified atom stereocenters. The number of hydrogen-bond acceptors (Lipinski definition) is 2. The highest BCUT2D eigenvalue weighted by Crippen LogP contribution is 2.22. The van der Waals surface area contributed by atoms with Crippen LogP contribution in [0.15, 0.2) is 24.3 Å². The normalized spacial score (nSPS) is 21.2. The number of fused-ring (bicyclic) bond motifs is 1. The Bertz CT molecular complexity index is 285. The van der Waals surface area contributed by atoms with Gasteiger partial charge in [0.15, 0.2) is 0 Å². The minimum Gasteiger partial charge on any atom is -0.383 e.